The average molecular weight is 274 g/mol. The van der Waals surface area contributed by atoms with Gasteiger partial charge in [-0.05, 0) is 37.7 Å². The van der Waals surface area contributed by atoms with Crippen LogP contribution in [-0.4, -0.2) is 19.1 Å². The van der Waals surface area contributed by atoms with Gasteiger partial charge in [-0.25, -0.2) is 0 Å². The van der Waals surface area contributed by atoms with Gasteiger partial charge in [0, 0.05) is 18.7 Å². The molecule has 20 heavy (non-hydrogen) atoms. The number of methoxy groups -OCH3 is 1. The predicted molar refractivity (Wildman–Crippen MR) is 79.5 cm³/mol. The van der Waals surface area contributed by atoms with Crippen molar-refractivity contribution in [3.8, 4) is 5.75 Å². The highest BCUT2D eigenvalue weighted by atomic mass is 16.5. The minimum Gasteiger partial charge on any atom is -0.497 e. The molecule has 2 N–H and O–H groups in total. The maximum Gasteiger partial charge on any atom is 0.118 e. The van der Waals surface area contributed by atoms with Crippen LogP contribution < -0.4 is 10.5 Å². The Morgan fingerprint density at radius 1 is 1.20 bits per heavy atom. The fourth-order valence-corrected chi connectivity index (χ4v) is 2.23. The zero-order valence-corrected chi connectivity index (χ0v) is 12.3. The first-order valence-electron chi connectivity index (χ1n) is 6.72. The minimum absolute atomic E-state index is 0.525. The molecule has 2 aromatic rings. The maximum atomic E-state index is 5.71. The Kier molecular flexibility index (Phi) is 4.82. The van der Waals surface area contributed by atoms with Crippen molar-refractivity contribution >= 4 is 0 Å². The van der Waals surface area contributed by atoms with Gasteiger partial charge in [-0.15, -0.1) is 0 Å². The number of ether oxygens (including phenoxy) is 1. The molecule has 2 rings (SSSR count). The van der Waals surface area contributed by atoms with Crippen molar-refractivity contribution in [1.82, 2.24) is 4.90 Å². The molecule has 0 aliphatic carbocycles. The van der Waals surface area contributed by atoms with Crippen molar-refractivity contribution in [2.45, 2.75) is 26.6 Å². The van der Waals surface area contributed by atoms with E-state index in [0.717, 1.165) is 35.9 Å². The number of benzene rings is 1. The topological polar surface area (TPSA) is 51.6 Å². The lowest BCUT2D eigenvalue weighted by Gasteiger charge is -2.15. The average Bonchev–Trinajstić information content (AvgIpc) is 2.79. The van der Waals surface area contributed by atoms with Gasteiger partial charge >= 0.3 is 0 Å². The molecule has 0 saturated carbocycles. The van der Waals surface area contributed by atoms with E-state index in [0.29, 0.717) is 6.54 Å². The third-order valence-corrected chi connectivity index (χ3v) is 3.33. The Labute approximate surface area is 120 Å². The van der Waals surface area contributed by atoms with E-state index >= 15 is 0 Å². The standard InChI is InChI=1S/C16H22N2O2/c1-12-14(9-17)8-16(20-12)11-18(2)10-13-4-6-15(19-3)7-5-13/h4-8H,9-11,17H2,1-3H3. The lowest BCUT2D eigenvalue weighted by atomic mass is 10.2. The van der Waals surface area contributed by atoms with Gasteiger partial charge in [0.05, 0.1) is 13.7 Å². The summed E-state index contributed by atoms with van der Waals surface area (Å²) < 4.78 is 10.9. The molecule has 0 spiro atoms. The van der Waals surface area contributed by atoms with E-state index in [4.69, 9.17) is 14.9 Å². The Morgan fingerprint density at radius 3 is 2.45 bits per heavy atom. The molecular weight excluding hydrogens is 252 g/mol. The van der Waals surface area contributed by atoms with Crippen LogP contribution in [0.25, 0.3) is 0 Å². The van der Waals surface area contributed by atoms with E-state index in [-0.39, 0.29) is 0 Å². The summed E-state index contributed by atoms with van der Waals surface area (Å²) in [6.45, 7) is 4.11. The Morgan fingerprint density at radius 2 is 1.90 bits per heavy atom. The molecule has 4 nitrogen and oxygen atoms in total. The SMILES string of the molecule is COc1ccc(CN(C)Cc2cc(CN)c(C)o2)cc1. The van der Waals surface area contributed by atoms with Crippen LogP contribution in [0.2, 0.25) is 0 Å². The number of hydrogen-bond acceptors (Lipinski definition) is 4. The molecule has 0 amide bonds. The third kappa shape index (κ3) is 3.62. The van der Waals surface area contributed by atoms with Crippen molar-refractivity contribution in [2.24, 2.45) is 5.73 Å². The summed E-state index contributed by atoms with van der Waals surface area (Å²) in [5, 5.41) is 0. The largest absolute Gasteiger partial charge is 0.497 e. The number of furan rings is 1. The van der Waals surface area contributed by atoms with Gasteiger partial charge < -0.3 is 14.9 Å². The summed E-state index contributed by atoms with van der Waals surface area (Å²) in [6, 6.07) is 10.2. The summed E-state index contributed by atoms with van der Waals surface area (Å²) in [6.07, 6.45) is 0. The molecule has 0 aliphatic rings. The van der Waals surface area contributed by atoms with Gasteiger partial charge in [0.15, 0.2) is 0 Å². The Hall–Kier alpha value is -1.78. The molecule has 0 fully saturated rings. The molecule has 0 saturated heterocycles. The molecule has 1 heterocycles. The van der Waals surface area contributed by atoms with Gasteiger partial charge in [0.1, 0.15) is 17.3 Å². The van der Waals surface area contributed by atoms with Crippen LogP contribution in [0.15, 0.2) is 34.7 Å². The summed E-state index contributed by atoms with van der Waals surface area (Å²) in [5.74, 6) is 2.75. The lowest BCUT2D eigenvalue weighted by molar-refractivity contribution is 0.285. The number of aryl methyl sites for hydroxylation is 1. The first kappa shape index (κ1) is 14.6. The van der Waals surface area contributed by atoms with Crippen LogP contribution >= 0.6 is 0 Å². The molecule has 0 unspecified atom stereocenters. The van der Waals surface area contributed by atoms with Crippen molar-refractivity contribution in [1.29, 1.82) is 0 Å². The highest BCUT2D eigenvalue weighted by Crippen LogP contribution is 2.17. The fraction of sp³-hybridized carbons (Fsp3) is 0.375. The fourth-order valence-electron chi connectivity index (χ4n) is 2.23. The lowest BCUT2D eigenvalue weighted by Crippen LogP contribution is -2.16. The maximum absolute atomic E-state index is 5.71. The number of rotatable bonds is 6. The molecule has 108 valence electrons. The first-order chi connectivity index (χ1) is 9.62. The van der Waals surface area contributed by atoms with Gasteiger partial charge in [0.2, 0.25) is 0 Å². The third-order valence-electron chi connectivity index (χ3n) is 3.33. The summed E-state index contributed by atoms with van der Waals surface area (Å²) in [4.78, 5) is 2.21. The second-order valence-electron chi connectivity index (χ2n) is 5.02. The number of nitrogens with two attached hydrogens (primary N) is 1. The highest BCUT2D eigenvalue weighted by Gasteiger charge is 2.09. The van der Waals surface area contributed by atoms with Gasteiger partial charge in [-0.1, -0.05) is 12.1 Å². The molecular formula is C16H22N2O2. The van der Waals surface area contributed by atoms with E-state index in [1.165, 1.54) is 5.56 Å². The Balaban J connectivity index is 1.95. The van der Waals surface area contributed by atoms with Crippen molar-refractivity contribution in [3.05, 3.63) is 53.0 Å². The number of nitrogens with zero attached hydrogens (tertiary/aromatic N) is 1. The monoisotopic (exact) mass is 274 g/mol. The van der Waals surface area contributed by atoms with Crippen LogP contribution in [0.1, 0.15) is 22.6 Å². The number of hydrogen-bond donors (Lipinski definition) is 1. The van der Waals surface area contributed by atoms with Crippen LogP contribution in [0.5, 0.6) is 5.75 Å². The van der Waals surface area contributed by atoms with Crippen LogP contribution in [-0.2, 0) is 19.6 Å². The molecule has 1 aromatic heterocycles. The molecule has 1 aromatic carbocycles. The quantitative estimate of drug-likeness (QED) is 0.880. The van der Waals surface area contributed by atoms with E-state index in [1.54, 1.807) is 7.11 Å². The van der Waals surface area contributed by atoms with Gasteiger partial charge in [-0.2, -0.15) is 0 Å². The zero-order chi connectivity index (χ0) is 14.5. The molecule has 0 radical (unpaired) electrons. The molecule has 0 atom stereocenters. The molecule has 0 bridgehead atoms. The predicted octanol–water partition coefficient (Wildman–Crippen LogP) is 2.69. The minimum atomic E-state index is 0.525. The normalized spacial score (nSPS) is 11.1. The molecule has 4 heteroatoms. The molecule has 0 aliphatic heterocycles. The van der Waals surface area contributed by atoms with Crippen molar-refractivity contribution in [3.63, 3.8) is 0 Å². The smallest absolute Gasteiger partial charge is 0.118 e. The first-order valence-corrected chi connectivity index (χ1v) is 6.72. The second-order valence-corrected chi connectivity index (χ2v) is 5.02. The van der Waals surface area contributed by atoms with Crippen LogP contribution in [0, 0.1) is 6.92 Å². The van der Waals surface area contributed by atoms with E-state index in [9.17, 15) is 0 Å². The van der Waals surface area contributed by atoms with Gasteiger partial charge in [-0.3, -0.25) is 4.90 Å². The summed E-state index contributed by atoms with van der Waals surface area (Å²) in [5.41, 5.74) is 7.99. The van der Waals surface area contributed by atoms with E-state index in [2.05, 4.69) is 24.1 Å². The summed E-state index contributed by atoms with van der Waals surface area (Å²) >= 11 is 0. The van der Waals surface area contributed by atoms with Crippen molar-refractivity contribution < 1.29 is 9.15 Å². The second kappa shape index (κ2) is 6.59. The van der Waals surface area contributed by atoms with Gasteiger partial charge in [0.25, 0.3) is 0 Å². The van der Waals surface area contributed by atoms with E-state index < -0.39 is 0 Å². The van der Waals surface area contributed by atoms with E-state index in [1.807, 2.05) is 25.1 Å². The van der Waals surface area contributed by atoms with Crippen LogP contribution in [0.3, 0.4) is 0 Å². The van der Waals surface area contributed by atoms with Crippen molar-refractivity contribution in [2.75, 3.05) is 14.2 Å². The van der Waals surface area contributed by atoms with Crippen LogP contribution in [0.4, 0.5) is 0 Å². The Bertz CT molecular complexity index is 546. The summed E-state index contributed by atoms with van der Waals surface area (Å²) in [7, 11) is 3.75. The zero-order valence-electron chi connectivity index (χ0n) is 12.3. The highest BCUT2D eigenvalue weighted by molar-refractivity contribution is 5.27.